The first-order chi connectivity index (χ1) is 13.2. The predicted octanol–water partition coefficient (Wildman–Crippen LogP) is 4.81. The van der Waals surface area contributed by atoms with Crippen LogP contribution in [0.2, 0.25) is 0 Å². The standard InChI is InChI=1S/C21H25N3OS2/c1-14-15(2)27-21-19(14)20(24-10-6-7-16(11-24)12-25)22-18(23-21)13-26-17-8-4-3-5-9-17/h3-5,8-9,16,25H,6-7,10-13H2,1-2H3/t16-/m1/s1. The van der Waals surface area contributed by atoms with Gasteiger partial charge in [-0.05, 0) is 50.3 Å². The molecule has 2 aromatic heterocycles. The van der Waals surface area contributed by atoms with E-state index in [1.165, 1.54) is 20.7 Å². The Morgan fingerprint density at radius 1 is 1.22 bits per heavy atom. The minimum absolute atomic E-state index is 0.253. The molecule has 0 saturated carbocycles. The van der Waals surface area contributed by atoms with Crippen LogP contribution in [0, 0.1) is 19.8 Å². The van der Waals surface area contributed by atoms with E-state index in [0.717, 1.165) is 48.2 Å². The normalized spacial score (nSPS) is 17.6. The van der Waals surface area contributed by atoms with Crippen molar-refractivity contribution in [2.75, 3.05) is 24.6 Å². The van der Waals surface area contributed by atoms with Crippen LogP contribution in [0.5, 0.6) is 0 Å². The first kappa shape index (κ1) is 18.7. The molecule has 0 bridgehead atoms. The Morgan fingerprint density at radius 3 is 2.81 bits per heavy atom. The van der Waals surface area contributed by atoms with Gasteiger partial charge in [-0.3, -0.25) is 0 Å². The fourth-order valence-electron chi connectivity index (χ4n) is 3.64. The second kappa shape index (κ2) is 8.17. The molecule has 1 fully saturated rings. The number of rotatable bonds is 5. The molecule has 0 aliphatic carbocycles. The Bertz CT molecular complexity index is 926. The highest BCUT2D eigenvalue weighted by Gasteiger charge is 2.24. The maximum atomic E-state index is 9.63. The summed E-state index contributed by atoms with van der Waals surface area (Å²) in [6.07, 6.45) is 2.20. The fraction of sp³-hybridized carbons (Fsp3) is 0.429. The number of nitrogens with zero attached hydrogens (tertiary/aromatic N) is 3. The minimum atomic E-state index is 0.253. The number of thiophene rings is 1. The molecule has 1 atom stereocenters. The van der Waals surface area contributed by atoms with Crippen molar-refractivity contribution in [3.63, 3.8) is 0 Å². The van der Waals surface area contributed by atoms with Crippen LogP contribution < -0.4 is 4.90 Å². The van der Waals surface area contributed by atoms with E-state index in [-0.39, 0.29) is 6.61 Å². The van der Waals surface area contributed by atoms with Crippen LogP contribution in [0.25, 0.3) is 10.2 Å². The minimum Gasteiger partial charge on any atom is -0.396 e. The number of aliphatic hydroxyl groups excluding tert-OH is 1. The van der Waals surface area contributed by atoms with Gasteiger partial charge in [-0.15, -0.1) is 23.1 Å². The first-order valence-electron chi connectivity index (χ1n) is 9.46. The van der Waals surface area contributed by atoms with E-state index >= 15 is 0 Å². The zero-order chi connectivity index (χ0) is 18.8. The number of benzene rings is 1. The van der Waals surface area contributed by atoms with Gasteiger partial charge in [0.1, 0.15) is 16.5 Å². The molecule has 27 heavy (non-hydrogen) atoms. The van der Waals surface area contributed by atoms with Gasteiger partial charge >= 0.3 is 0 Å². The molecule has 0 radical (unpaired) electrons. The van der Waals surface area contributed by atoms with Gasteiger partial charge in [0.25, 0.3) is 0 Å². The first-order valence-corrected chi connectivity index (χ1v) is 11.3. The maximum Gasteiger partial charge on any atom is 0.142 e. The van der Waals surface area contributed by atoms with Crippen LogP contribution in [0.15, 0.2) is 35.2 Å². The van der Waals surface area contributed by atoms with Crippen LogP contribution in [0.4, 0.5) is 5.82 Å². The Kier molecular flexibility index (Phi) is 5.66. The molecule has 0 unspecified atom stereocenters. The summed E-state index contributed by atoms with van der Waals surface area (Å²) in [4.78, 5) is 15.9. The lowest BCUT2D eigenvalue weighted by Gasteiger charge is -2.33. The van der Waals surface area contributed by atoms with E-state index in [2.05, 4.69) is 43.0 Å². The Morgan fingerprint density at radius 2 is 2.04 bits per heavy atom. The van der Waals surface area contributed by atoms with E-state index in [4.69, 9.17) is 9.97 Å². The quantitative estimate of drug-likeness (QED) is 0.624. The predicted molar refractivity (Wildman–Crippen MR) is 115 cm³/mol. The Hall–Kier alpha value is -1.63. The van der Waals surface area contributed by atoms with Crippen LogP contribution in [-0.4, -0.2) is 34.8 Å². The van der Waals surface area contributed by atoms with Crippen molar-refractivity contribution >= 4 is 39.1 Å². The van der Waals surface area contributed by atoms with Crippen molar-refractivity contribution in [1.29, 1.82) is 0 Å². The van der Waals surface area contributed by atoms with Gasteiger partial charge in [0, 0.05) is 29.5 Å². The zero-order valence-electron chi connectivity index (χ0n) is 15.8. The molecule has 6 heteroatoms. The number of hydrogen-bond donors (Lipinski definition) is 1. The summed E-state index contributed by atoms with van der Waals surface area (Å²) in [6, 6.07) is 10.4. The molecular formula is C21H25N3OS2. The van der Waals surface area contributed by atoms with Crippen molar-refractivity contribution in [2.24, 2.45) is 5.92 Å². The second-order valence-corrected chi connectivity index (χ2v) is 9.42. The lowest BCUT2D eigenvalue weighted by molar-refractivity contribution is 0.208. The number of aryl methyl sites for hydroxylation is 2. The molecule has 1 aliphatic rings. The fourth-order valence-corrected chi connectivity index (χ4v) is 5.45. The van der Waals surface area contributed by atoms with Gasteiger partial charge in [0.2, 0.25) is 0 Å². The third kappa shape index (κ3) is 3.98. The molecule has 3 heterocycles. The van der Waals surface area contributed by atoms with Gasteiger partial charge in [-0.2, -0.15) is 0 Å². The van der Waals surface area contributed by atoms with E-state index in [9.17, 15) is 5.11 Å². The average molecular weight is 400 g/mol. The highest BCUT2D eigenvalue weighted by molar-refractivity contribution is 7.98. The highest BCUT2D eigenvalue weighted by atomic mass is 32.2. The zero-order valence-corrected chi connectivity index (χ0v) is 17.4. The molecule has 4 rings (SSSR count). The van der Waals surface area contributed by atoms with Crippen LogP contribution in [-0.2, 0) is 5.75 Å². The summed E-state index contributed by atoms with van der Waals surface area (Å²) in [6.45, 7) is 6.47. The summed E-state index contributed by atoms with van der Waals surface area (Å²) in [5.41, 5.74) is 1.29. The van der Waals surface area contributed by atoms with E-state index < -0.39 is 0 Å². The lowest BCUT2D eigenvalue weighted by atomic mass is 9.99. The number of hydrogen-bond acceptors (Lipinski definition) is 6. The summed E-state index contributed by atoms with van der Waals surface area (Å²) in [5.74, 6) is 3.05. The summed E-state index contributed by atoms with van der Waals surface area (Å²) in [7, 11) is 0. The molecule has 0 spiro atoms. The Labute approximate surface area is 168 Å². The number of fused-ring (bicyclic) bond motifs is 1. The SMILES string of the molecule is Cc1sc2nc(CSc3ccccc3)nc(N3CCC[C@@H](CO)C3)c2c1C. The summed E-state index contributed by atoms with van der Waals surface area (Å²) in [5, 5.41) is 10.8. The topological polar surface area (TPSA) is 49.2 Å². The van der Waals surface area contributed by atoms with Crippen molar-refractivity contribution < 1.29 is 5.11 Å². The molecule has 142 valence electrons. The molecule has 0 amide bonds. The van der Waals surface area contributed by atoms with Crippen LogP contribution in [0.3, 0.4) is 0 Å². The van der Waals surface area contributed by atoms with E-state index in [1.807, 2.05) is 6.07 Å². The second-order valence-electron chi connectivity index (χ2n) is 7.17. The molecule has 1 N–H and O–H groups in total. The van der Waals surface area contributed by atoms with Crippen LogP contribution >= 0.6 is 23.1 Å². The van der Waals surface area contributed by atoms with E-state index in [0.29, 0.717) is 5.92 Å². The molecule has 1 aliphatic heterocycles. The number of aromatic nitrogens is 2. The largest absolute Gasteiger partial charge is 0.396 e. The monoisotopic (exact) mass is 399 g/mol. The maximum absolute atomic E-state index is 9.63. The van der Waals surface area contributed by atoms with Gasteiger partial charge < -0.3 is 10.0 Å². The van der Waals surface area contributed by atoms with Gasteiger partial charge in [0.05, 0.1) is 11.1 Å². The van der Waals surface area contributed by atoms with Gasteiger partial charge in [-0.1, -0.05) is 18.2 Å². The average Bonchev–Trinajstić information content (AvgIpc) is 3.00. The molecule has 1 aromatic carbocycles. The van der Waals surface area contributed by atoms with Crippen molar-refractivity contribution in [2.45, 2.75) is 37.3 Å². The third-order valence-corrected chi connectivity index (χ3v) is 7.35. The van der Waals surface area contributed by atoms with Crippen molar-refractivity contribution in [1.82, 2.24) is 9.97 Å². The summed E-state index contributed by atoms with van der Waals surface area (Å²) < 4.78 is 0. The number of anilines is 1. The van der Waals surface area contributed by atoms with Gasteiger partial charge in [0.15, 0.2) is 0 Å². The van der Waals surface area contributed by atoms with Crippen LogP contribution in [0.1, 0.15) is 29.1 Å². The van der Waals surface area contributed by atoms with Crippen molar-refractivity contribution in [3.8, 4) is 0 Å². The molecule has 1 saturated heterocycles. The van der Waals surface area contributed by atoms with Crippen molar-refractivity contribution in [3.05, 3.63) is 46.6 Å². The van der Waals surface area contributed by atoms with E-state index in [1.54, 1.807) is 23.1 Å². The smallest absolute Gasteiger partial charge is 0.142 e. The number of thioether (sulfide) groups is 1. The van der Waals surface area contributed by atoms with Gasteiger partial charge in [-0.25, -0.2) is 9.97 Å². The highest BCUT2D eigenvalue weighted by Crippen LogP contribution is 2.37. The number of piperidine rings is 1. The summed E-state index contributed by atoms with van der Waals surface area (Å²) >= 11 is 3.54. The molecular weight excluding hydrogens is 374 g/mol. The lowest BCUT2D eigenvalue weighted by Crippen LogP contribution is -2.37. The molecule has 3 aromatic rings. The molecule has 4 nitrogen and oxygen atoms in total. The third-order valence-electron chi connectivity index (χ3n) is 5.24. The Balaban J connectivity index is 1.69. The number of aliphatic hydroxyl groups is 1.